The van der Waals surface area contributed by atoms with Crippen molar-refractivity contribution in [2.45, 2.75) is 40.2 Å². The highest BCUT2D eigenvalue weighted by atomic mass is 32.1. The molecule has 1 saturated heterocycles. The van der Waals surface area contributed by atoms with E-state index in [-0.39, 0.29) is 17.4 Å². The molecule has 0 aromatic carbocycles. The number of aryl methyl sites for hydroxylation is 1. The Bertz CT molecular complexity index is 504. The smallest absolute Gasteiger partial charge is 0.267 e. The first-order valence-corrected chi connectivity index (χ1v) is 8.61. The molecule has 1 fully saturated rings. The van der Waals surface area contributed by atoms with Crippen molar-refractivity contribution in [3.63, 3.8) is 0 Å². The molecule has 1 aliphatic heterocycles. The molecule has 124 valence electrons. The topological polar surface area (TPSA) is 69.6 Å². The summed E-state index contributed by atoms with van der Waals surface area (Å²) in [4.78, 5) is 17.3. The van der Waals surface area contributed by atoms with Gasteiger partial charge in [0.05, 0.1) is 11.8 Å². The molecule has 2 rings (SSSR count). The number of amides is 1. The summed E-state index contributed by atoms with van der Waals surface area (Å²) in [7, 11) is 0. The largest absolute Gasteiger partial charge is 0.391 e. The number of piperazine rings is 1. The van der Waals surface area contributed by atoms with Crippen LogP contribution in [-0.2, 0) is 6.42 Å². The van der Waals surface area contributed by atoms with E-state index in [1.807, 2.05) is 32.6 Å². The van der Waals surface area contributed by atoms with Gasteiger partial charge in [0.2, 0.25) is 0 Å². The molecular weight excluding hydrogens is 300 g/mol. The molecule has 6 nitrogen and oxygen atoms in total. The van der Waals surface area contributed by atoms with E-state index in [9.17, 15) is 9.90 Å². The third-order valence-corrected chi connectivity index (χ3v) is 4.93. The number of aromatic nitrogens is 2. The first-order chi connectivity index (χ1) is 10.3. The summed E-state index contributed by atoms with van der Waals surface area (Å²) in [5.74, 6) is 0.0443. The van der Waals surface area contributed by atoms with E-state index in [1.165, 1.54) is 11.5 Å². The van der Waals surface area contributed by atoms with Gasteiger partial charge in [-0.25, -0.2) is 0 Å². The van der Waals surface area contributed by atoms with Crippen LogP contribution in [0.15, 0.2) is 0 Å². The molecule has 1 amide bonds. The highest BCUT2D eigenvalue weighted by Crippen LogP contribution is 2.21. The minimum Gasteiger partial charge on any atom is -0.391 e. The number of carbonyl (C=O) groups excluding carboxylic acids is 1. The lowest BCUT2D eigenvalue weighted by Gasteiger charge is -2.37. The molecule has 0 radical (unpaired) electrons. The van der Waals surface area contributed by atoms with Crippen molar-refractivity contribution in [2.75, 3.05) is 32.7 Å². The van der Waals surface area contributed by atoms with Crippen molar-refractivity contribution < 1.29 is 9.90 Å². The minimum absolute atomic E-state index is 0.0443. The SMILES string of the molecule is CCc1nnsc1C(=O)N1CCN(C[C@@H](O)C(C)(C)C)CC1. The Morgan fingerprint density at radius 1 is 1.32 bits per heavy atom. The predicted molar refractivity (Wildman–Crippen MR) is 87.1 cm³/mol. The lowest BCUT2D eigenvalue weighted by atomic mass is 9.89. The van der Waals surface area contributed by atoms with E-state index in [0.29, 0.717) is 24.5 Å². The van der Waals surface area contributed by atoms with Crippen LogP contribution in [0, 0.1) is 5.41 Å². The maximum absolute atomic E-state index is 12.5. The summed E-state index contributed by atoms with van der Waals surface area (Å²) < 4.78 is 3.89. The Balaban J connectivity index is 1.88. The molecule has 0 aliphatic carbocycles. The van der Waals surface area contributed by atoms with Crippen LogP contribution in [0.3, 0.4) is 0 Å². The summed E-state index contributed by atoms with van der Waals surface area (Å²) in [5, 5.41) is 14.2. The number of hydrogen-bond donors (Lipinski definition) is 1. The Morgan fingerprint density at radius 3 is 2.50 bits per heavy atom. The zero-order chi connectivity index (χ0) is 16.3. The van der Waals surface area contributed by atoms with E-state index in [4.69, 9.17) is 0 Å². The fourth-order valence-corrected chi connectivity index (χ4v) is 3.12. The lowest BCUT2D eigenvalue weighted by molar-refractivity contribution is 0.0137. The maximum atomic E-state index is 12.5. The zero-order valence-corrected chi connectivity index (χ0v) is 14.7. The van der Waals surface area contributed by atoms with Crippen LogP contribution in [0.1, 0.15) is 43.1 Å². The fraction of sp³-hybridized carbons (Fsp3) is 0.800. The molecule has 1 aromatic rings. The van der Waals surface area contributed by atoms with Crippen LogP contribution in [0.2, 0.25) is 0 Å². The quantitative estimate of drug-likeness (QED) is 0.902. The third-order valence-electron chi connectivity index (χ3n) is 4.18. The number of aliphatic hydroxyl groups excluding tert-OH is 1. The molecule has 1 atom stereocenters. The fourth-order valence-electron chi connectivity index (χ4n) is 2.40. The second-order valence-corrected chi connectivity index (χ2v) is 7.63. The summed E-state index contributed by atoms with van der Waals surface area (Å²) in [6, 6.07) is 0. The molecule has 1 N–H and O–H groups in total. The second-order valence-electron chi connectivity index (χ2n) is 6.88. The monoisotopic (exact) mass is 326 g/mol. The van der Waals surface area contributed by atoms with Gasteiger partial charge in [0.25, 0.3) is 5.91 Å². The van der Waals surface area contributed by atoms with E-state index in [1.54, 1.807) is 0 Å². The van der Waals surface area contributed by atoms with Gasteiger partial charge in [0, 0.05) is 32.7 Å². The predicted octanol–water partition coefficient (Wildman–Crippen LogP) is 1.27. The number of carbonyl (C=O) groups is 1. The van der Waals surface area contributed by atoms with E-state index < -0.39 is 0 Å². The van der Waals surface area contributed by atoms with E-state index >= 15 is 0 Å². The third kappa shape index (κ3) is 4.02. The van der Waals surface area contributed by atoms with Crippen LogP contribution < -0.4 is 0 Å². The van der Waals surface area contributed by atoms with Gasteiger partial charge in [-0.15, -0.1) is 5.10 Å². The lowest BCUT2D eigenvalue weighted by Crippen LogP contribution is -2.51. The number of β-amino-alcohol motifs (C(OH)–C–C–N with tert-alkyl or cyclic N) is 1. The van der Waals surface area contributed by atoms with Crippen molar-refractivity contribution in [1.29, 1.82) is 0 Å². The van der Waals surface area contributed by atoms with E-state index in [2.05, 4.69) is 14.5 Å². The molecule has 0 saturated carbocycles. The Hall–Kier alpha value is -1.05. The number of hydrogen-bond acceptors (Lipinski definition) is 6. The van der Waals surface area contributed by atoms with Crippen LogP contribution >= 0.6 is 11.5 Å². The molecule has 0 bridgehead atoms. The van der Waals surface area contributed by atoms with Gasteiger partial charge in [-0.1, -0.05) is 32.2 Å². The average molecular weight is 326 g/mol. The van der Waals surface area contributed by atoms with Gasteiger partial charge in [-0.2, -0.15) is 0 Å². The first-order valence-electron chi connectivity index (χ1n) is 7.83. The minimum atomic E-state index is -0.354. The Morgan fingerprint density at radius 2 is 1.95 bits per heavy atom. The summed E-state index contributed by atoms with van der Waals surface area (Å²) >= 11 is 1.18. The Labute approximate surface area is 136 Å². The van der Waals surface area contributed by atoms with Gasteiger partial charge in [-0.3, -0.25) is 9.69 Å². The van der Waals surface area contributed by atoms with E-state index in [0.717, 1.165) is 25.2 Å². The molecule has 1 aromatic heterocycles. The van der Waals surface area contributed by atoms with Crippen LogP contribution in [-0.4, -0.2) is 69.2 Å². The molecule has 0 unspecified atom stereocenters. The molecule has 7 heteroatoms. The van der Waals surface area contributed by atoms with Crippen molar-refractivity contribution >= 4 is 17.4 Å². The van der Waals surface area contributed by atoms with Crippen LogP contribution in [0.25, 0.3) is 0 Å². The van der Waals surface area contributed by atoms with Gasteiger partial charge < -0.3 is 10.0 Å². The highest BCUT2D eigenvalue weighted by Gasteiger charge is 2.29. The standard InChI is InChI=1S/C15H26N4O2S/c1-5-11-13(22-17-16-11)14(21)19-8-6-18(7-9-19)10-12(20)15(2,3)4/h12,20H,5-10H2,1-4H3/t12-/m1/s1. The van der Waals surface area contributed by atoms with Crippen molar-refractivity contribution in [3.05, 3.63) is 10.6 Å². The van der Waals surface area contributed by atoms with Crippen molar-refractivity contribution in [2.24, 2.45) is 5.41 Å². The van der Waals surface area contributed by atoms with Crippen molar-refractivity contribution in [1.82, 2.24) is 19.4 Å². The molecule has 1 aliphatic rings. The first kappa shape index (κ1) is 17.3. The second kappa shape index (κ2) is 7.02. The normalized spacial score (nSPS) is 18.5. The molecule has 22 heavy (non-hydrogen) atoms. The zero-order valence-electron chi connectivity index (χ0n) is 13.9. The highest BCUT2D eigenvalue weighted by molar-refractivity contribution is 7.08. The van der Waals surface area contributed by atoms with Gasteiger partial charge in [0.1, 0.15) is 4.88 Å². The molecule has 2 heterocycles. The Kier molecular flexibility index (Phi) is 5.52. The summed E-state index contributed by atoms with van der Waals surface area (Å²) in [5.41, 5.74) is 0.678. The van der Waals surface area contributed by atoms with Crippen LogP contribution in [0.4, 0.5) is 0 Å². The number of nitrogens with zero attached hydrogens (tertiary/aromatic N) is 4. The van der Waals surface area contributed by atoms with Crippen molar-refractivity contribution in [3.8, 4) is 0 Å². The number of aliphatic hydroxyl groups is 1. The number of rotatable bonds is 4. The molecular formula is C15H26N4O2S. The summed E-state index contributed by atoms with van der Waals surface area (Å²) in [6.07, 6.45) is 0.377. The summed E-state index contributed by atoms with van der Waals surface area (Å²) in [6.45, 7) is 11.8. The maximum Gasteiger partial charge on any atom is 0.267 e. The van der Waals surface area contributed by atoms with Gasteiger partial charge >= 0.3 is 0 Å². The average Bonchev–Trinajstić information content (AvgIpc) is 2.94. The van der Waals surface area contributed by atoms with Crippen LogP contribution in [0.5, 0.6) is 0 Å². The molecule has 0 spiro atoms. The van der Waals surface area contributed by atoms with Gasteiger partial charge in [0.15, 0.2) is 0 Å². The van der Waals surface area contributed by atoms with Gasteiger partial charge in [-0.05, 0) is 23.4 Å².